The zero-order valence-electron chi connectivity index (χ0n) is 11.8. The summed E-state index contributed by atoms with van der Waals surface area (Å²) in [6.07, 6.45) is 1.51. The van der Waals surface area contributed by atoms with E-state index < -0.39 is 6.10 Å². The maximum Gasteiger partial charge on any atom is 0.253 e. The molecule has 1 saturated heterocycles. The molecule has 1 aliphatic rings. The van der Waals surface area contributed by atoms with Gasteiger partial charge in [0.15, 0.2) is 0 Å². The summed E-state index contributed by atoms with van der Waals surface area (Å²) >= 11 is 0. The van der Waals surface area contributed by atoms with Gasteiger partial charge in [0.25, 0.3) is 5.91 Å². The van der Waals surface area contributed by atoms with E-state index in [0.29, 0.717) is 23.9 Å². The molecule has 0 aliphatic carbocycles. The van der Waals surface area contributed by atoms with Crippen LogP contribution in [0.3, 0.4) is 0 Å². The van der Waals surface area contributed by atoms with Crippen LogP contribution in [0.15, 0.2) is 24.3 Å². The Morgan fingerprint density at radius 1 is 1.45 bits per heavy atom. The molecule has 1 aliphatic heterocycles. The number of nitrogens with one attached hydrogen (secondary N) is 1. The summed E-state index contributed by atoms with van der Waals surface area (Å²) in [7, 11) is 0. The van der Waals surface area contributed by atoms with E-state index in [0.717, 1.165) is 26.1 Å². The first-order valence-electron chi connectivity index (χ1n) is 7.01. The van der Waals surface area contributed by atoms with Gasteiger partial charge in [0.1, 0.15) is 6.10 Å². The fourth-order valence-corrected chi connectivity index (χ4v) is 2.11. The van der Waals surface area contributed by atoms with E-state index >= 15 is 0 Å². The number of hydrogen-bond acceptors (Lipinski definition) is 4. The fraction of sp³-hybridized carbons (Fsp3) is 0.533. The van der Waals surface area contributed by atoms with Gasteiger partial charge in [-0.1, -0.05) is 12.1 Å². The van der Waals surface area contributed by atoms with Crippen molar-refractivity contribution in [2.75, 3.05) is 30.9 Å². The van der Waals surface area contributed by atoms with E-state index in [9.17, 15) is 4.79 Å². The first kappa shape index (κ1) is 14.8. The van der Waals surface area contributed by atoms with Crippen molar-refractivity contribution in [2.24, 2.45) is 5.92 Å². The van der Waals surface area contributed by atoms with Crippen molar-refractivity contribution >= 4 is 17.3 Å². The van der Waals surface area contributed by atoms with Crippen molar-refractivity contribution in [1.82, 2.24) is 0 Å². The standard InChI is InChI=1S/C15H22N2O3/c1-11(20-10-12-6-8-19-9-7-12)15(18)17-14-5-3-2-4-13(14)16/h2-5,11-12H,6-10,16H2,1H3,(H,17,18). The normalized spacial score (nSPS) is 17.6. The summed E-state index contributed by atoms with van der Waals surface area (Å²) < 4.78 is 10.9. The second kappa shape index (κ2) is 7.26. The van der Waals surface area contributed by atoms with E-state index in [-0.39, 0.29) is 5.91 Å². The first-order valence-corrected chi connectivity index (χ1v) is 7.01. The van der Waals surface area contributed by atoms with Gasteiger partial charge in [0.2, 0.25) is 0 Å². The maximum atomic E-state index is 12.0. The molecule has 5 nitrogen and oxygen atoms in total. The maximum absolute atomic E-state index is 12.0. The first-order chi connectivity index (χ1) is 9.66. The number of carbonyl (C=O) groups excluding carboxylic acids is 1. The Balaban J connectivity index is 1.78. The molecule has 5 heteroatoms. The Bertz CT molecular complexity index is 444. The van der Waals surface area contributed by atoms with Crippen molar-refractivity contribution in [1.29, 1.82) is 0 Å². The molecular weight excluding hydrogens is 256 g/mol. The highest BCUT2D eigenvalue weighted by molar-refractivity contribution is 5.96. The van der Waals surface area contributed by atoms with Gasteiger partial charge in [-0.05, 0) is 37.8 Å². The molecular formula is C15H22N2O3. The molecule has 1 amide bonds. The lowest BCUT2D eigenvalue weighted by Crippen LogP contribution is -2.31. The van der Waals surface area contributed by atoms with Gasteiger partial charge in [0.05, 0.1) is 18.0 Å². The predicted octanol–water partition coefficient (Wildman–Crippen LogP) is 2.04. The molecule has 3 N–H and O–H groups in total. The van der Waals surface area contributed by atoms with Gasteiger partial charge in [-0.25, -0.2) is 0 Å². The lowest BCUT2D eigenvalue weighted by atomic mass is 10.0. The molecule has 2 rings (SSSR count). The van der Waals surface area contributed by atoms with E-state index in [2.05, 4.69) is 5.32 Å². The monoisotopic (exact) mass is 278 g/mol. The summed E-state index contributed by atoms with van der Waals surface area (Å²) in [5, 5.41) is 2.78. The number of hydrogen-bond donors (Lipinski definition) is 2. The van der Waals surface area contributed by atoms with Crippen molar-refractivity contribution in [3.8, 4) is 0 Å². The molecule has 0 saturated carbocycles. The summed E-state index contributed by atoms with van der Waals surface area (Å²) in [5.74, 6) is 0.316. The van der Waals surface area contributed by atoms with Gasteiger partial charge in [-0.3, -0.25) is 4.79 Å². The second-order valence-corrected chi connectivity index (χ2v) is 5.11. The van der Waals surface area contributed by atoms with Crippen LogP contribution in [0.1, 0.15) is 19.8 Å². The summed E-state index contributed by atoms with van der Waals surface area (Å²) in [6, 6.07) is 7.19. The number of para-hydroxylation sites is 2. The molecule has 1 aromatic carbocycles. The van der Waals surface area contributed by atoms with Crippen molar-refractivity contribution in [3.63, 3.8) is 0 Å². The Morgan fingerprint density at radius 3 is 2.85 bits per heavy atom. The molecule has 0 radical (unpaired) electrons. The minimum absolute atomic E-state index is 0.171. The number of nitrogen functional groups attached to an aromatic ring is 1. The van der Waals surface area contributed by atoms with E-state index in [1.54, 1.807) is 19.1 Å². The fourth-order valence-electron chi connectivity index (χ4n) is 2.11. The highest BCUT2D eigenvalue weighted by atomic mass is 16.5. The Hall–Kier alpha value is -1.59. The number of anilines is 2. The molecule has 0 aromatic heterocycles. The third-order valence-electron chi connectivity index (χ3n) is 3.51. The molecule has 110 valence electrons. The summed E-state index contributed by atoms with van der Waals surface area (Å²) in [4.78, 5) is 12.0. The molecule has 1 aromatic rings. The van der Waals surface area contributed by atoms with E-state index in [1.165, 1.54) is 0 Å². The summed E-state index contributed by atoms with van der Waals surface area (Å²) in [6.45, 7) is 3.93. The van der Waals surface area contributed by atoms with Crippen LogP contribution in [0, 0.1) is 5.92 Å². The molecule has 20 heavy (non-hydrogen) atoms. The lowest BCUT2D eigenvalue weighted by molar-refractivity contribution is -0.127. The van der Waals surface area contributed by atoms with Crippen LogP contribution in [0.25, 0.3) is 0 Å². The van der Waals surface area contributed by atoms with Gasteiger partial charge in [-0.15, -0.1) is 0 Å². The average molecular weight is 278 g/mol. The third-order valence-corrected chi connectivity index (χ3v) is 3.51. The number of nitrogens with two attached hydrogens (primary N) is 1. The van der Waals surface area contributed by atoms with Crippen LogP contribution < -0.4 is 11.1 Å². The SMILES string of the molecule is CC(OCC1CCOCC1)C(=O)Nc1ccccc1N. The highest BCUT2D eigenvalue weighted by Crippen LogP contribution is 2.18. The Kier molecular flexibility index (Phi) is 5.38. The highest BCUT2D eigenvalue weighted by Gasteiger charge is 2.19. The molecule has 0 bridgehead atoms. The largest absolute Gasteiger partial charge is 0.397 e. The number of carbonyl (C=O) groups is 1. The predicted molar refractivity (Wildman–Crippen MR) is 78.4 cm³/mol. The molecule has 1 atom stereocenters. The average Bonchev–Trinajstić information content (AvgIpc) is 2.48. The van der Waals surface area contributed by atoms with Gasteiger partial charge >= 0.3 is 0 Å². The van der Waals surface area contributed by atoms with Gasteiger partial charge < -0.3 is 20.5 Å². The minimum atomic E-state index is -0.488. The smallest absolute Gasteiger partial charge is 0.253 e. The zero-order valence-corrected chi connectivity index (χ0v) is 11.8. The van der Waals surface area contributed by atoms with Crippen LogP contribution >= 0.6 is 0 Å². The van der Waals surface area contributed by atoms with Crippen LogP contribution in [-0.4, -0.2) is 31.8 Å². The number of ether oxygens (including phenoxy) is 2. The zero-order chi connectivity index (χ0) is 14.4. The van der Waals surface area contributed by atoms with Crippen molar-refractivity contribution in [2.45, 2.75) is 25.9 Å². The Morgan fingerprint density at radius 2 is 2.15 bits per heavy atom. The molecule has 1 heterocycles. The third kappa shape index (κ3) is 4.21. The van der Waals surface area contributed by atoms with Gasteiger partial charge in [0, 0.05) is 13.2 Å². The molecule has 1 fully saturated rings. The quantitative estimate of drug-likeness (QED) is 0.808. The molecule has 0 spiro atoms. The van der Waals surface area contributed by atoms with Crippen molar-refractivity contribution < 1.29 is 14.3 Å². The summed E-state index contributed by atoms with van der Waals surface area (Å²) in [5.41, 5.74) is 6.97. The van der Waals surface area contributed by atoms with E-state index in [1.807, 2.05) is 12.1 Å². The number of rotatable bonds is 5. The number of amides is 1. The van der Waals surface area contributed by atoms with Crippen LogP contribution in [0.2, 0.25) is 0 Å². The number of benzene rings is 1. The van der Waals surface area contributed by atoms with Gasteiger partial charge in [-0.2, -0.15) is 0 Å². The van der Waals surface area contributed by atoms with Crippen LogP contribution in [-0.2, 0) is 14.3 Å². The lowest BCUT2D eigenvalue weighted by Gasteiger charge is -2.23. The molecule has 1 unspecified atom stereocenters. The van der Waals surface area contributed by atoms with Crippen LogP contribution in [0.4, 0.5) is 11.4 Å². The van der Waals surface area contributed by atoms with Crippen molar-refractivity contribution in [3.05, 3.63) is 24.3 Å². The van der Waals surface area contributed by atoms with Crippen LogP contribution in [0.5, 0.6) is 0 Å². The second-order valence-electron chi connectivity index (χ2n) is 5.11. The Labute approximate surface area is 119 Å². The minimum Gasteiger partial charge on any atom is -0.397 e. The topological polar surface area (TPSA) is 73.6 Å². The van der Waals surface area contributed by atoms with E-state index in [4.69, 9.17) is 15.2 Å².